The summed E-state index contributed by atoms with van der Waals surface area (Å²) < 4.78 is 0. The smallest absolute Gasteiger partial charge is 0.326 e. The molecule has 2 aromatic carbocycles. The molecule has 370 valence electrons. The van der Waals surface area contributed by atoms with Crippen LogP contribution in [0.15, 0.2) is 59.5 Å². The van der Waals surface area contributed by atoms with Crippen LogP contribution in [-0.4, -0.2) is 160 Å². The van der Waals surface area contributed by atoms with Crippen molar-refractivity contribution in [2.24, 2.45) is 5.92 Å². The maximum Gasteiger partial charge on any atom is 0.326 e. The molecule has 2 aromatic heterocycles. The highest BCUT2D eigenvalue weighted by atomic mass is 32.1. The molecule has 0 bridgehead atoms. The number of nitrogens with two attached hydrogens (primary N) is 1. The largest absolute Gasteiger partial charge is 0.481 e. The summed E-state index contributed by atoms with van der Waals surface area (Å²) in [5, 5.41) is 44.1. The second kappa shape index (κ2) is 26.1. The SMILES string of the molecule is CN1CCN(CC(=O)O)CCN(CC(=O)O)C(Cc2ccc(CC(=S)CCCCC[C@H](CC(=O)CC[C@H](NC(=O)c3ccc(NCc4cnc5nc(N)[nH]c(=O)c5n4)cc3)C(=O)O)C(=O)O)cc2)C1. The van der Waals surface area contributed by atoms with E-state index in [0.717, 1.165) is 22.4 Å². The number of rotatable bonds is 26. The molecule has 21 nitrogen and oxygen atoms in total. The molecule has 5 rings (SSSR count). The first kappa shape index (κ1) is 53.2. The Morgan fingerprint density at radius 3 is 2.22 bits per heavy atom. The summed E-state index contributed by atoms with van der Waals surface area (Å²) in [7, 11) is 1.96. The monoisotopic (exact) mass is 972 g/mol. The average Bonchev–Trinajstić information content (AvgIpc) is 3.35. The molecule has 0 aliphatic carbocycles. The van der Waals surface area contributed by atoms with Gasteiger partial charge in [-0.2, -0.15) is 4.98 Å². The predicted octanol–water partition coefficient (Wildman–Crippen LogP) is 2.72. The lowest BCUT2D eigenvalue weighted by atomic mass is 9.93. The summed E-state index contributed by atoms with van der Waals surface area (Å²) >= 11 is 5.68. The number of aromatic amines is 1. The number of H-pyrrole nitrogens is 1. The Hall–Kier alpha value is -6.75. The van der Waals surface area contributed by atoms with E-state index in [9.17, 15) is 54.0 Å². The quantitative estimate of drug-likeness (QED) is 0.0331. The van der Waals surface area contributed by atoms with Crippen molar-refractivity contribution < 1.29 is 49.2 Å². The van der Waals surface area contributed by atoms with Gasteiger partial charge >= 0.3 is 23.9 Å². The van der Waals surface area contributed by atoms with Crippen LogP contribution in [0.25, 0.3) is 11.2 Å². The third-order valence-electron chi connectivity index (χ3n) is 11.9. The second-order valence-corrected chi connectivity index (χ2v) is 18.0. The summed E-state index contributed by atoms with van der Waals surface area (Å²) in [5.41, 5.74) is 8.46. The van der Waals surface area contributed by atoms with Crippen molar-refractivity contribution in [3.63, 3.8) is 0 Å². The van der Waals surface area contributed by atoms with Crippen LogP contribution >= 0.6 is 12.2 Å². The zero-order valence-corrected chi connectivity index (χ0v) is 39.3. The number of carboxylic acids is 4. The summed E-state index contributed by atoms with van der Waals surface area (Å²) in [4.78, 5) is 107. The molecule has 69 heavy (non-hydrogen) atoms. The van der Waals surface area contributed by atoms with Crippen LogP contribution in [-0.2, 0) is 43.4 Å². The van der Waals surface area contributed by atoms with Gasteiger partial charge in [-0.1, -0.05) is 49.3 Å². The van der Waals surface area contributed by atoms with Gasteiger partial charge in [0.15, 0.2) is 11.2 Å². The highest BCUT2D eigenvalue weighted by molar-refractivity contribution is 7.80. The molecule has 1 unspecified atom stereocenters. The van der Waals surface area contributed by atoms with Crippen molar-refractivity contribution in [2.75, 3.05) is 63.9 Å². The maximum absolute atomic E-state index is 13.0. The van der Waals surface area contributed by atoms with Crippen LogP contribution in [0, 0.1) is 5.92 Å². The third kappa shape index (κ3) is 17.7. The van der Waals surface area contributed by atoms with E-state index in [-0.39, 0.29) is 74.0 Å². The van der Waals surface area contributed by atoms with Crippen LogP contribution in [0.1, 0.15) is 78.5 Å². The molecule has 3 heterocycles. The third-order valence-corrected chi connectivity index (χ3v) is 12.2. The first-order valence-corrected chi connectivity index (χ1v) is 23.1. The standard InChI is InChI=1S/C47H60N10O11S/c1-55-17-18-56(27-39(59)60)19-20-57(28-40(61)62)35(26-55)21-29-7-9-30(10-8-29)22-37(69)6-4-2-3-5-32(45(65)66)23-36(58)15-16-38(46(67)68)52-43(63)31-11-13-33(14-12-31)49-24-34-25-50-42-41(51-34)44(64)54-47(48)53-42/h7-14,25,32,35,38,49H,2-6,15-24,26-28H2,1H3,(H,52,63)(H,59,60)(H,61,62)(H,65,66)(H,67,68)(H3,48,50,53,54,64)/t32-,35?,38+/m1/s1. The maximum atomic E-state index is 13.0. The number of fused-ring (bicyclic) bond motifs is 1. The molecule has 3 atom stereocenters. The zero-order valence-electron chi connectivity index (χ0n) is 38.5. The first-order chi connectivity index (χ1) is 32.9. The Kier molecular flexibility index (Phi) is 20.1. The van der Waals surface area contributed by atoms with E-state index in [1.807, 2.05) is 41.1 Å². The van der Waals surface area contributed by atoms with Gasteiger partial charge in [0, 0.05) is 69.3 Å². The van der Waals surface area contributed by atoms with Gasteiger partial charge in [0.25, 0.3) is 11.5 Å². The summed E-state index contributed by atoms with van der Waals surface area (Å²) in [6.07, 6.45) is 4.88. The van der Waals surface area contributed by atoms with E-state index in [1.54, 1.807) is 12.1 Å². The van der Waals surface area contributed by atoms with Gasteiger partial charge in [0.05, 0.1) is 37.4 Å². The first-order valence-electron chi connectivity index (χ1n) is 22.7. The van der Waals surface area contributed by atoms with Crippen LogP contribution in [0.4, 0.5) is 11.6 Å². The lowest BCUT2D eigenvalue weighted by molar-refractivity contribution is -0.144. The molecule has 1 amide bonds. The van der Waals surface area contributed by atoms with Crippen molar-refractivity contribution in [2.45, 2.75) is 82.8 Å². The Labute approximate surface area is 403 Å². The highest BCUT2D eigenvalue weighted by Gasteiger charge is 2.27. The fourth-order valence-corrected chi connectivity index (χ4v) is 8.43. The molecule has 22 heteroatoms. The molecule has 1 fully saturated rings. The zero-order chi connectivity index (χ0) is 50.0. The number of carbonyl (C=O) groups is 6. The van der Waals surface area contributed by atoms with E-state index < -0.39 is 53.1 Å². The molecule has 4 aromatic rings. The van der Waals surface area contributed by atoms with Crippen molar-refractivity contribution >= 4 is 75.4 Å². The summed E-state index contributed by atoms with van der Waals surface area (Å²) in [6, 6.07) is 12.8. The van der Waals surface area contributed by atoms with Crippen molar-refractivity contribution in [1.29, 1.82) is 0 Å². The summed E-state index contributed by atoms with van der Waals surface area (Å²) in [6.45, 7) is 2.71. The number of anilines is 2. The number of nitrogen functional groups attached to an aromatic ring is 1. The molecule has 1 saturated heterocycles. The number of likely N-dealkylation sites (N-methyl/N-ethyl adjacent to an activating group) is 1. The van der Waals surface area contributed by atoms with Crippen molar-refractivity contribution in [3.05, 3.63) is 87.5 Å². The van der Waals surface area contributed by atoms with E-state index in [2.05, 4.69) is 35.5 Å². The topological polar surface area (TPSA) is 315 Å². The lowest BCUT2D eigenvalue weighted by Gasteiger charge is -2.32. The van der Waals surface area contributed by atoms with Crippen molar-refractivity contribution in [1.82, 2.24) is 40.0 Å². The number of carboxylic acid groups (broad SMARTS) is 4. The van der Waals surface area contributed by atoms with Crippen LogP contribution < -0.4 is 21.9 Å². The van der Waals surface area contributed by atoms with E-state index in [0.29, 0.717) is 76.2 Å². The number of carbonyl (C=O) groups excluding carboxylic acids is 2. The predicted molar refractivity (Wildman–Crippen MR) is 259 cm³/mol. The van der Waals surface area contributed by atoms with E-state index in [1.165, 1.54) is 18.3 Å². The Morgan fingerprint density at radius 1 is 0.841 bits per heavy atom. The number of thiocarbonyl (C=S) groups is 1. The molecule has 1 aliphatic rings. The van der Waals surface area contributed by atoms with Crippen LogP contribution in [0.5, 0.6) is 0 Å². The van der Waals surface area contributed by atoms with Gasteiger partial charge in [0.2, 0.25) is 5.95 Å². The average molecular weight is 973 g/mol. The highest BCUT2D eigenvalue weighted by Crippen LogP contribution is 2.20. The van der Waals surface area contributed by atoms with Crippen molar-refractivity contribution in [3.8, 4) is 0 Å². The lowest BCUT2D eigenvalue weighted by Crippen LogP contribution is -2.47. The fourth-order valence-electron chi connectivity index (χ4n) is 8.12. The number of hydrogen-bond donors (Lipinski definition) is 8. The molecule has 0 radical (unpaired) electrons. The second-order valence-electron chi connectivity index (χ2n) is 17.4. The van der Waals surface area contributed by atoms with Crippen LogP contribution in [0.2, 0.25) is 0 Å². The van der Waals surface area contributed by atoms with Gasteiger partial charge in [0.1, 0.15) is 11.8 Å². The number of unbranched alkanes of at least 4 members (excludes halogenated alkanes) is 2. The normalized spacial score (nSPS) is 15.8. The number of aliphatic carboxylic acids is 4. The number of aromatic nitrogens is 4. The number of ketones is 1. The van der Waals surface area contributed by atoms with Gasteiger partial charge < -0.3 is 41.7 Å². The number of hydrogen-bond acceptors (Lipinski definition) is 16. The molecule has 0 saturated carbocycles. The number of amides is 1. The number of benzene rings is 2. The number of Topliss-reactive ketones (excluding diaryl/α,β-unsaturated/α-hetero) is 1. The minimum absolute atomic E-state index is 0.0308. The number of nitrogens with zero attached hydrogens (tertiary/aromatic N) is 6. The fraction of sp³-hybridized carbons (Fsp3) is 0.468. The van der Waals surface area contributed by atoms with E-state index in [4.69, 9.17) is 18.0 Å². The van der Waals surface area contributed by atoms with Crippen LogP contribution in [0.3, 0.4) is 0 Å². The van der Waals surface area contributed by atoms with Gasteiger partial charge in [-0.15, -0.1) is 0 Å². The Balaban J connectivity index is 1.00. The molecular weight excluding hydrogens is 913 g/mol. The van der Waals surface area contributed by atoms with Gasteiger partial charge in [-0.3, -0.25) is 43.6 Å². The summed E-state index contributed by atoms with van der Waals surface area (Å²) in [5.74, 6) is -6.40. The van der Waals surface area contributed by atoms with Gasteiger partial charge in [-0.05, 0) is 79.4 Å². The molecule has 1 aliphatic heterocycles. The molecule has 9 N–H and O–H groups in total. The minimum atomic E-state index is -1.38. The van der Waals surface area contributed by atoms with Gasteiger partial charge in [-0.25, -0.2) is 14.8 Å². The molecule has 0 spiro atoms. The Morgan fingerprint density at radius 2 is 1.54 bits per heavy atom. The Bertz CT molecular complexity index is 2510. The molecular formula is C47H60N10O11S. The number of nitrogens with one attached hydrogen (secondary N) is 3. The minimum Gasteiger partial charge on any atom is -0.481 e. The van der Waals surface area contributed by atoms with E-state index >= 15 is 0 Å².